The molecule has 1 aromatic rings. The molecular weight excluding hydrogens is 374 g/mol. The molecule has 0 spiro atoms. The Morgan fingerprint density at radius 1 is 1.21 bits per heavy atom. The van der Waals surface area contributed by atoms with Crippen molar-refractivity contribution >= 4 is 29.5 Å². The van der Waals surface area contributed by atoms with Crippen LogP contribution in [-0.4, -0.2) is 46.9 Å². The van der Waals surface area contributed by atoms with Crippen LogP contribution in [0.3, 0.4) is 0 Å². The molecule has 0 bridgehead atoms. The SMILES string of the molecule is CCCSc1nc(N2CCCC(C(=O)O)C2)ccc1C(=O)NC1CCCCC1. The number of rotatable bonds is 7. The maximum Gasteiger partial charge on any atom is 0.308 e. The summed E-state index contributed by atoms with van der Waals surface area (Å²) in [6, 6.07) is 4.00. The lowest BCUT2D eigenvalue weighted by Crippen LogP contribution is -2.39. The molecule has 2 heterocycles. The monoisotopic (exact) mass is 405 g/mol. The highest BCUT2D eigenvalue weighted by atomic mass is 32.2. The lowest BCUT2D eigenvalue weighted by atomic mass is 9.95. The highest BCUT2D eigenvalue weighted by Crippen LogP contribution is 2.28. The van der Waals surface area contributed by atoms with Gasteiger partial charge >= 0.3 is 5.97 Å². The molecule has 2 aliphatic rings. The first-order chi connectivity index (χ1) is 13.6. The first kappa shape index (κ1) is 21.0. The zero-order chi connectivity index (χ0) is 19.9. The van der Waals surface area contributed by atoms with Crippen LogP contribution < -0.4 is 10.2 Å². The van der Waals surface area contributed by atoms with Crippen molar-refractivity contribution in [3.63, 3.8) is 0 Å². The summed E-state index contributed by atoms with van der Waals surface area (Å²) in [5, 5.41) is 13.3. The van der Waals surface area contributed by atoms with Gasteiger partial charge in [0.15, 0.2) is 0 Å². The Morgan fingerprint density at radius 3 is 2.71 bits per heavy atom. The fourth-order valence-corrected chi connectivity index (χ4v) is 4.86. The zero-order valence-corrected chi connectivity index (χ0v) is 17.5. The Labute approximate surface area is 171 Å². The predicted octanol–water partition coefficient (Wildman–Crippen LogP) is 3.95. The largest absolute Gasteiger partial charge is 0.481 e. The Balaban J connectivity index is 1.76. The van der Waals surface area contributed by atoms with E-state index in [1.54, 1.807) is 11.8 Å². The molecule has 6 nitrogen and oxygen atoms in total. The van der Waals surface area contributed by atoms with Crippen molar-refractivity contribution in [1.29, 1.82) is 0 Å². The molecule has 2 N–H and O–H groups in total. The smallest absolute Gasteiger partial charge is 0.308 e. The van der Waals surface area contributed by atoms with Crippen molar-refractivity contribution in [2.45, 2.75) is 69.4 Å². The normalized spacial score (nSPS) is 20.8. The summed E-state index contributed by atoms with van der Waals surface area (Å²) in [5.74, 6) is 0.550. The van der Waals surface area contributed by atoms with Crippen LogP contribution in [0.2, 0.25) is 0 Å². The average Bonchev–Trinajstić information content (AvgIpc) is 2.72. The molecule has 1 saturated carbocycles. The number of amides is 1. The van der Waals surface area contributed by atoms with Crippen molar-refractivity contribution in [1.82, 2.24) is 10.3 Å². The van der Waals surface area contributed by atoms with Crippen molar-refractivity contribution in [3.8, 4) is 0 Å². The second-order valence-corrected chi connectivity index (χ2v) is 8.89. The standard InChI is InChI=1S/C21H31N3O3S/c1-2-13-28-20-17(19(25)22-16-8-4-3-5-9-16)10-11-18(23-20)24-12-6-7-15(14-24)21(26)27/h10-11,15-16H,2-9,12-14H2,1H3,(H,22,25)(H,26,27). The third-order valence-electron chi connectivity index (χ3n) is 5.57. The summed E-state index contributed by atoms with van der Waals surface area (Å²) >= 11 is 1.61. The highest BCUT2D eigenvalue weighted by molar-refractivity contribution is 7.99. The van der Waals surface area contributed by atoms with Gasteiger partial charge in [0, 0.05) is 19.1 Å². The lowest BCUT2D eigenvalue weighted by molar-refractivity contribution is -0.141. The second-order valence-electron chi connectivity index (χ2n) is 7.80. The molecule has 1 amide bonds. The van der Waals surface area contributed by atoms with Crippen LogP contribution in [0.1, 0.15) is 68.6 Å². The lowest BCUT2D eigenvalue weighted by Gasteiger charge is -2.32. The number of anilines is 1. The fraction of sp³-hybridized carbons (Fsp3) is 0.667. The fourth-order valence-electron chi connectivity index (χ4n) is 3.99. The Bertz CT molecular complexity index is 691. The molecule has 2 fully saturated rings. The van der Waals surface area contributed by atoms with E-state index in [1.165, 1.54) is 19.3 Å². The number of carboxylic acid groups (broad SMARTS) is 1. The number of carbonyl (C=O) groups is 2. The molecule has 0 aromatic carbocycles. The van der Waals surface area contributed by atoms with Crippen molar-refractivity contribution in [2.24, 2.45) is 5.92 Å². The second kappa shape index (κ2) is 10.1. The maximum atomic E-state index is 12.9. The molecule has 1 aliphatic heterocycles. The average molecular weight is 406 g/mol. The Morgan fingerprint density at radius 2 is 2.00 bits per heavy atom. The third-order valence-corrected chi connectivity index (χ3v) is 6.77. The van der Waals surface area contributed by atoms with E-state index in [0.717, 1.165) is 48.8 Å². The van der Waals surface area contributed by atoms with Gasteiger partial charge in [-0.1, -0.05) is 26.2 Å². The molecular formula is C21H31N3O3S. The molecule has 1 unspecified atom stereocenters. The van der Waals surface area contributed by atoms with E-state index >= 15 is 0 Å². The molecule has 154 valence electrons. The third kappa shape index (κ3) is 5.40. The van der Waals surface area contributed by atoms with Gasteiger partial charge in [-0.05, 0) is 50.0 Å². The van der Waals surface area contributed by atoms with E-state index in [1.807, 2.05) is 17.0 Å². The summed E-state index contributed by atoms with van der Waals surface area (Å²) in [6.07, 6.45) is 8.29. The number of nitrogens with one attached hydrogen (secondary N) is 1. The Kier molecular flexibility index (Phi) is 7.59. The molecule has 0 radical (unpaired) electrons. The number of aromatic nitrogens is 1. The number of thioether (sulfide) groups is 1. The van der Waals surface area contributed by atoms with Crippen LogP contribution in [0, 0.1) is 5.92 Å². The number of carbonyl (C=O) groups excluding carboxylic acids is 1. The van der Waals surface area contributed by atoms with Crippen LogP contribution in [0.4, 0.5) is 5.82 Å². The van der Waals surface area contributed by atoms with E-state index in [-0.39, 0.29) is 17.9 Å². The molecule has 1 saturated heterocycles. The molecule has 3 rings (SSSR count). The van der Waals surface area contributed by atoms with E-state index in [4.69, 9.17) is 4.98 Å². The number of nitrogens with zero attached hydrogens (tertiary/aromatic N) is 2. The Hall–Kier alpha value is -1.76. The molecule has 1 aromatic heterocycles. The van der Waals surface area contributed by atoms with Gasteiger partial charge in [-0.25, -0.2) is 4.98 Å². The van der Waals surface area contributed by atoms with Crippen LogP contribution >= 0.6 is 11.8 Å². The van der Waals surface area contributed by atoms with E-state index in [9.17, 15) is 14.7 Å². The first-order valence-corrected chi connectivity index (χ1v) is 11.5. The highest BCUT2D eigenvalue weighted by Gasteiger charge is 2.27. The molecule has 1 atom stereocenters. The minimum Gasteiger partial charge on any atom is -0.481 e. The van der Waals surface area contributed by atoms with E-state index in [2.05, 4.69) is 12.2 Å². The van der Waals surface area contributed by atoms with Crippen LogP contribution in [0.25, 0.3) is 0 Å². The van der Waals surface area contributed by atoms with Crippen LogP contribution in [0.5, 0.6) is 0 Å². The number of hydrogen-bond acceptors (Lipinski definition) is 5. The van der Waals surface area contributed by atoms with E-state index in [0.29, 0.717) is 18.5 Å². The minimum atomic E-state index is -0.742. The maximum absolute atomic E-state index is 12.9. The number of carboxylic acids is 1. The summed E-state index contributed by atoms with van der Waals surface area (Å²) in [5.41, 5.74) is 0.638. The topological polar surface area (TPSA) is 82.5 Å². The van der Waals surface area contributed by atoms with Gasteiger partial charge in [-0.15, -0.1) is 11.8 Å². The quantitative estimate of drug-likeness (QED) is 0.669. The van der Waals surface area contributed by atoms with E-state index < -0.39 is 5.97 Å². The van der Waals surface area contributed by atoms with Crippen LogP contribution in [-0.2, 0) is 4.79 Å². The van der Waals surface area contributed by atoms with Gasteiger partial charge in [-0.2, -0.15) is 0 Å². The van der Waals surface area contributed by atoms with Crippen molar-refractivity contribution in [2.75, 3.05) is 23.7 Å². The van der Waals surface area contributed by atoms with Gasteiger partial charge in [0.1, 0.15) is 10.8 Å². The number of piperidine rings is 1. The first-order valence-electron chi connectivity index (χ1n) is 10.5. The number of hydrogen-bond donors (Lipinski definition) is 2. The number of pyridine rings is 1. The summed E-state index contributed by atoms with van der Waals surface area (Å²) in [7, 11) is 0. The van der Waals surface area contributed by atoms with Crippen molar-refractivity contribution < 1.29 is 14.7 Å². The van der Waals surface area contributed by atoms with Crippen LogP contribution in [0.15, 0.2) is 17.2 Å². The molecule has 7 heteroatoms. The molecule has 28 heavy (non-hydrogen) atoms. The van der Waals surface area contributed by atoms with Gasteiger partial charge < -0.3 is 15.3 Å². The zero-order valence-electron chi connectivity index (χ0n) is 16.7. The molecule has 1 aliphatic carbocycles. The summed E-state index contributed by atoms with van der Waals surface area (Å²) in [6.45, 7) is 3.40. The minimum absolute atomic E-state index is 0.0355. The van der Waals surface area contributed by atoms with Gasteiger partial charge in [-0.3, -0.25) is 9.59 Å². The van der Waals surface area contributed by atoms with Gasteiger partial charge in [0.2, 0.25) is 0 Å². The van der Waals surface area contributed by atoms with Gasteiger partial charge in [0.25, 0.3) is 5.91 Å². The predicted molar refractivity (Wildman–Crippen MR) is 112 cm³/mol. The number of aliphatic carboxylic acids is 1. The van der Waals surface area contributed by atoms with Gasteiger partial charge in [0.05, 0.1) is 11.5 Å². The summed E-state index contributed by atoms with van der Waals surface area (Å²) < 4.78 is 0. The summed E-state index contributed by atoms with van der Waals surface area (Å²) in [4.78, 5) is 31.1. The van der Waals surface area contributed by atoms with Crippen molar-refractivity contribution in [3.05, 3.63) is 17.7 Å².